The Morgan fingerprint density at radius 3 is 2.50 bits per heavy atom. The summed E-state index contributed by atoms with van der Waals surface area (Å²) in [5.74, 6) is -0.362. The minimum Gasteiger partial charge on any atom is -0.337 e. The number of nitrogens with zero attached hydrogens (tertiary/aromatic N) is 4. The summed E-state index contributed by atoms with van der Waals surface area (Å²) < 4.78 is 1.91. The number of nitrogens with one attached hydrogen (secondary N) is 1. The van der Waals surface area contributed by atoms with Crippen LogP contribution in [0.5, 0.6) is 0 Å². The lowest BCUT2D eigenvalue weighted by molar-refractivity contribution is -0.154. The highest BCUT2D eigenvalue weighted by Crippen LogP contribution is 2.17. The summed E-state index contributed by atoms with van der Waals surface area (Å²) in [6, 6.07) is 8.00. The Bertz CT molecular complexity index is 855. The van der Waals surface area contributed by atoms with Gasteiger partial charge in [-0.05, 0) is 24.8 Å². The number of hydroxylamine groups is 2. The van der Waals surface area contributed by atoms with Gasteiger partial charge in [-0.25, -0.2) is 19.5 Å². The molecule has 0 aliphatic carbocycles. The summed E-state index contributed by atoms with van der Waals surface area (Å²) in [5, 5.41) is 12.8. The van der Waals surface area contributed by atoms with E-state index in [1.54, 1.807) is 19.4 Å². The zero-order chi connectivity index (χ0) is 23.5. The number of benzene rings is 1. The molecule has 1 aromatic carbocycles. The Kier molecular flexibility index (Phi) is 9.87. The maximum atomic E-state index is 12.7. The van der Waals surface area contributed by atoms with Gasteiger partial charge in [0.2, 0.25) is 0 Å². The van der Waals surface area contributed by atoms with Crippen molar-refractivity contribution in [1.82, 2.24) is 24.8 Å². The summed E-state index contributed by atoms with van der Waals surface area (Å²) in [6.07, 6.45) is 6.64. The van der Waals surface area contributed by atoms with Crippen molar-refractivity contribution in [1.29, 1.82) is 0 Å². The van der Waals surface area contributed by atoms with Gasteiger partial charge in [-0.15, -0.1) is 5.06 Å². The van der Waals surface area contributed by atoms with Crippen molar-refractivity contribution in [3.63, 3.8) is 0 Å². The third kappa shape index (κ3) is 7.49. The fraction of sp³-hybridized carbons (Fsp3) is 0.478. The second-order valence-electron chi connectivity index (χ2n) is 8.07. The molecule has 0 bridgehead atoms. The number of imide groups is 2. The van der Waals surface area contributed by atoms with Crippen LogP contribution in [0.1, 0.15) is 51.5 Å². The number of carbonyl (C=O) groups excluding carboxylic acids is 3. The summed E-state index contributed by atoms with van der Waals surface area (Å²) in [6.45, 7) is 6.53. The first-order chi connectivity index (χ1) is 15.3. The van der Waals surface area contributed by atoms with Crippen molar-refractivity contribution < 1.29 is 19.6 Å². The largest absolute Gasteiger partial charge is 0.359 e. The molecule has 1 heterocycles. The lowest BCUT2D eigenvalue weighted by atomic mass is 9.99. The van der Waals surface area contributed by atoms with Crippen LogP contribution < -0.4 is 5.32 Å². The third-order valence-electron chi connectivity index (χ3n) is 5.14. The molecule has 0 fully saturated rings. The van der Waals surface area contributed by atoms with E-state index >= 15 is 0 Å². The van der Waals surface area contributed by atoms with Gasteiger partial charge in [0, 0.05) is 44.4 Å². The highest BCUT2D eigenvalue weighted by molar-refractivity contribution is 6.00. The molecule has 0 aliphatic rings. The molecule has 5 amide bonds. The lowest BCUT2D eigenvalue weighted by Crippen LogP contribution is -2.51. The van der Waals surface area contributed by atoms with Gasteiger partial charge < -0.3 is 9.88 Å². The minimum atomic E-state index is -1.05. The monoisotopic (exact) mass is 443 g/mol. The summed E-state index contributed by atoms with van der Waals surface area (Å²) in [4.78, 5) is 42.2. The molecule has 32 heavy (non-hydrogen) atoms. The number of aromatic nitrogens is 2. The van der Waals surface area contributed by atoms with Gasteiger partial charge in [-0.3, -0.25) is 10.0 Å². The highest BCUT2D eigenvalue weighted by atomic mass is 16.5. The maximum Gasteiger partial charge on any atom is 0.359 e. The molecule has 2 aromatic rings. The fourth-order valence-electron chi connectivity index (χ4n) is 3.32. The predicted molar refractivity (Wildman–Crippen MR) is 120 cm³/mol. The molecule has 0 saturated carbocycles. The van der Waals surface area contributed by atoms with Gasteiger partial charge in [0.25, 0.3) is 5.91 Å². The van der Waals surface area contributed by atoms with Crippen molar-refractivity contribution in [3.8, 4) is 0 Å². The first-order valence-electron chi connectivity index (χ1n) is 10.9. The first kappa shape index (κ1) is 25.1. The number of hydrogen-bond acceptors (Lipinski definition) is 5. The van der Waals surface area contributed by atoms with Crippen molar-refractivity contribution in [3.05, 3.63) is 54.6 Å². The molecule has 9 heteroatoms. The molecule has 9 nitrogen and oxygen atoms in total. The second kappa shape index (κ2) is 12.6. The first-order valence-corrected chi connectivity index (χ1v) is 10.9. The Morgan fingerprint density at radius 2 is 1.91 bits per heavy atom. The van der Waals surface area contributed by atoms with Crippen LogP contribution in [0, 0.1) is 5.92 Å². The normalized spacial score (nSPS) is 11.8. The zero-order valence-electron chi connectivity index (χ0n) is 19.0. The molecule has 2 N–H and O–H groups in total. The number of urea groups is 2. The van der Waals surface area contributed by atoms with Crippen LogP contribution >= 0.6 is 0 Å². The number of amides is 5. The van der Waals surface area contributed by atoms with Gasteiger partial charge in [-0.2, -0.15) is 0 Å². The van der Waals surface area contributed by atoms with Crippen LogP contribution in [-0.2, 0) is 11.3 Å². The molecular formula is C23H33N5O4. The minimum absolute atomic E-state index is 0.0124. The van der Waals surface area contributed by atoms with E-state index in [2.05, 4.69) is 10.3 Å². The zero-order valence-corrected chi connectivity index (χ0v) is 19.0. The van der Waals surface area contributed by atoms with Crippen LogP contribution in [-0.4, -0.2) is 55.8 Å². The van der Waals surface area contributed by atoms with Gasteiger partial charge in [0.1, 0.15) is 0 Å². The Labute approximate surface area is 189 Å². The number of hydrogen-bond donors (Lipinski definition) is 2. The summed E-state index contributed by atoms with van der Waals surface area (Å²) in [7, 11) is 0. The van der Waals surface area contributed by atoms with Crippen molar-refractivity contribution >= 4 is 18.0 Å². The van der Waals surface area contributed by atoms with E-state index in [4.69, 9.17) is 0 Å². The molecule has 1 atom stereocenters. The van der Waals surface area contributed by atoms with Crippen molar-refractivity contribution in [2.24, 2.45) is 5.92 Å². The smallest absolute Gasteiger partial charge is 0.337 e. The van der Waals surface area contributed by atoms with E-state index in [1.807, 2.05) is 54.9 Å². The molecular weight excluding hydrogens is 410 g/mol. The highest BCUT2D eigenvalue weighted by Gasteiger charge is 2.29. The molecule has 1 aromatic heterocycles. The molecule has 0 spiro atoms. The van der Waals surface area contributed by atoms with E-state index in [0.29, 0.717) is 18.9 Å². The quantitative estimate of drug-likeness (QED) is 0.428. The molecule has 1 unspecified atom stereocenters. The molecule has 2 rings (SSSR count). The van der Waals surface area contributed by atoms with E-state index in [1.165, 1.54) is 0 Å². The maximum absolute atomic E-state index is 12.7. The van der Waals surface area contributed by atoms with E-state index < -0.39 is 18.0 Å². The van der Waals surface area contributed by atoms with Gasteiger partial charge in [0.15, 0.2) is 0 Å². The standard InChI is InChI=1S/C23H33N5O4/c1-4-27(23(31)28(32)21(29)12-8-9-18(2)3)22(30)25-15-20(16-26-14-13-24-17-26)19-10-6-5-7-11-19/h5-7,10-11,13-14,17-18,20,32H,4,8-9,12,15-16H2,1-3H3,(H,25,30). The van der Waals surface area contributed by atoms with Crippen LogP contribution in [0.3, 0.4) is 0 Å². The van der Waals surface area contributed by atoms with Gasteiger partial charge >= 0.3 is 12.1 Å². The number of imidazole rings is 1. The fourth-order valence-corrected chi connectivity index (χ4v) is 3.32. The molecule has 174 valence electrons. The van der Waals surface area contributed by atoms with Crippen LogP contribution in [0.15, 0.2) is 49.1 Å². The molecule has 0 aliphatic heterocycles. The average Bonchev–Trinajstić information content (AvgIpc) is 3.30. The van der Waals surface area contributed by atoms with Crippen LogP contribution in [0.25, 0.3) is 0 Å². The molecule has 0 saturated heterocycles. The van der Waals surface area contributed by atoms with E-state index in [-0.39, 0.29) is 30.5 Å². The lowest BCUT2D eigenvalue weighted by Gasteiger charge is -2.25. The average molecular weight is 444 g/mol. The Hall–Kier alpha value is -3.20. The van der Waals surface area contributed by atoms with Crippen molar-refractivity contribution in [2.75, 3.05) is 13.1 Å². The SMILES string of the molecule is CCN(C(=O)NCC(Cn1ccnc1)c1ccccc1)C(=O)N(O)C(=O)CCCC(C)C. The Morgan fingerprint density at radius 1 is 1.19 bits per heavy atom. The number of carbonyl (C=O) groups is 3. The van der Waals surface area contributed by atoms with E-state index in [9.17, 15) is 19.6 Å². The van der Waals surface area contributed by atoms with Crippen LogP contribution in [0.4, 0.5) is 9.59 Å². The molecule has 0 radical (unpaired) electrons. The van der Waals surface area contributed by atoms with Gasteiger partial charge in [0.05, 0.1) is 6.33 Å². The third-order valence-corrected chi connectivity index (χ3v) is 5.14. The second-order valence-corrected chi connectivity index (χ2v) is 8.07. The van der Waals surface area contributed by atoms with Crippen molar-refractivity contribution in [2.45, 2.75) is 52.5 Å². The van der Waals surface area contributed by atoms with Gasteiger partial charge in [-0.1, -0.05) is 50.6 Å². The summed E-state index contributed by atoms with van der Waals surface area (Å²) >= 11 is 0. The van der Waals surface area contributed by atoms with E-state index in [0.717, 1.165) is 16.9 Å². The Balaban J connectivity index is 1.99. The number of rotatable bonds is 10. The topological polar surface area (TPSA) is 108 Å². The predicted octanol–water partition coefficient (Wildman–Crippen LogP) is 3.86. The van der Waals surface area contributed by atoms with Crippen LogP contribution in [0.2, 0.25) is 0 Å². The summed E-state index contributed by atoms with van der Waals surface area (Å²) in [5.41, 5.74) is 1.03.